The van der Waals surface area contributed by atoms with Crippen LogP contribution in [0, 0.1) is 12.8 Å². The van der Waals surface area contributed by atoms with Crippen LogP contribution in [0.5, 0.6) is 0 Å². The summed E-state index contributed by atoms with van der Waals surface area (Å²) in [5, 5.41) is 3.06. The molecule has 0 bridgehead atoms. The van der Waals surface area contributed by atoms with Gasteiger partial charge < -0.3 is 11.1 Å². The van der Waals surface area contributed by atoms with Crippen molar-refractivity contribution in [1.82, 2.24) is 5.32 Å². The van der Waals surface area contributed by atoms with Crippen molar-refractivity contribution in [3.8, 4) is 0 Å². The molecule has 0 unspecified atom stereocenters. The fraction of sp³-hybridized carbons (Fsp3) is 0.562. The average molecular weight is 260 g/mol. The molecule has 1 aromatic carbocycles. The third kappa shape index (κ3) is 4.67. The van der Waals surface area contributed by atoms with Gasteiger partial charge in [-0.05, 0) is 44.1 Å². The van der Waals surface area contributed by atoms with Crippen molar-refractivity contribution in [2.45, 2.75) is 45.1 Å². The molecule has 0 saturated heterocycles. The Morgan fingerprint density at radius 2 is 2.05 bits per heavy atom. The first kappa shape index (κ1) is 14.1. The van der Waals surface area contributed by atoms with Gasteiger partial charge in [0.25, 0.3) is 0 Å². The molecule has 3 nitrogen and oxygen atoms in total. The van der Waals surface area contributed by atoms with Gasteiger partial charge in [-0.25, -0.2) is 0 Å². The summed E-state index contributed by atoms with van der Waals surface area (Å²) >= 11 is 0. The zero-order chi connectivity index (χ0) is 13.7. The van der Waals surface area contributed by atoms with E-state index in [1.165, 1.54) is 5.56 Å². The number of benzene rings is 1. The number of aryl methyl sites for hydroxylation is 1. The van der Waals surface area contributed by atoms with Crippen LogP contribution in [0.3, 0.4) is 0 Å². The molecule has 0 radical (unpaired) electrons. The zero-order valence-corrected chi connectivity index (χ0v) is 11.7. The first-order chi connectivity index (χ1) is 9.13. The Hall–Kier alpha value is -1.35. The van der Waals surface area contributed by atoms with Gasteiger partial charge in [-0.2, -0.15) is 0 Å². The van der Waals surface area contributed by atoms with E-state index in [9.17, 15) is 4.79 Å². The summed E-state index contributed by atoms with van der Waals surface area (Å²) < 4.78 is 0. The van der Waals surface area contributed by atoms with E-state index < -0.39 is 0 Å². The van der Waals surface area contributed by atoms with E-state index in [0.717, 1.165) is 37.8 Å². The predicted molar refractivity (Wildman–Crippen MR) is 77.8 cm³/mol. The summed E-state index contributed by atoms with van der Waals surface area (Å²) in [5.74, 6) is 0.738. The quantitative estimate of drug-likeness (QED) is 0.871. The first-order valence-electron chi connectivity index (χ1n) is 7.21. The summed E-state index contributed by atoms with van der Waals surface area (Å²) in [6.07, 6.45) is 4.96. The molecule has 2 rings (SSSR count). The Bertz CT molecular complexity index is 423. The average Bonchev–Trinajstić information content (AvgIpc) is 2.38. The van der Waals surface area contributed by atoms with Crippen LogP contribution >= 0.6 is 0 Å². The summed E-state index contributed by atoms with van der Waals surface area (Å²) in [6, 6.07) is 8.50. The highest BCUT2D eigenvalue weighted by molar-refractivity contribution is 5.78. The lowest BCUT2D eigenvalue weighted by molar-refractivity contribution is -0.120. The van der Waals surface area contributed by atoms with Gasteiger partial charge >= 0.3 is 0 Å². The van der Waals surface area contributed by atoms with Gasteiger partial charge in [0, 0.05) is 12.6 Å². The summed E-state index contributed by atoms with van der Waals surface area (Å²) in [4.78, 5) is 11.9. The minimum Gasteiger partial charge on any atom is -0.356 e. The molecule has 0 heterocycles. The molecule has 1 amide bonds. The van der Waals surface area contributed by atoms with Crippen LogP contribution in [0.2, 0.25) is 0 Å². The van der Waals surface area contributed by atoms with E-state index in [1.54, 1.807) is 0 Å². The lowest BCUT2D eigenvalue weighted by Gasteiger charge is -2.26. The fourth-order valence-corrected chi connectivity index (χ4v) is 2.72. The van der Waals surface area contributed by atoms with E-state index in [0.29, 0.717) is 18.4 Å². The van der Waals surface area contributed by atoms with Gasteiger partial charge in [-0.1, -0.05) is 29.8 Å². The number of hydrogen-bond acceptors (Lipinski definition) is 2. The number of carbonyl (C=O) groups excluding carboxylic acids is 1. The molecule has 1 fully saturated rings. The van der Waals surface area contributed by atoms with Crippen molar-refractivity contribution < 1.29 is 4.79 Å². The van der Waals surface area contributed by atoms with Crippen LogP contribution in [0.1, 0.15) is 36.8 Å². The van der Waals surface area contributed by atoms with Crippen molar-refractivity contribution >= 4 is 5.91 Å². The van der Waals surface area contributed by atoms with E-state index in [4.69, 9.17) is 5.73 Å². The summed E-state index contributed by atoms with van der Waals surface area (Å²) in [6.45, 7) is 2.85. The number of rotatable bonds is 4. The Balaban J connectivity index is 1.73. The van der Waals surface area contributed by atoms with E-state index in [2.05, 4.69) is 11.4 Å². The molecular formula is C16H24N2O. The molecule has 1 saturated carbocycles. The molecule has 3 heteroatoms. The fourth-order valence-electron chi connectivity index (χ4n) is 2.72. The summed E-state index contributed by atoms with van der Waals surface area (Å²) in [5.41, 5.74) is 8.17. The highest BCUT2D eigenvalue weighted by atomic mass is 16.1. The largest absolute Gasteiger partial charge is 0.356 e. The molecule has 0 aromatic heterocycles. The Labute approximate surface area is 115 Å². The second-order valence-electron chi connectivity index (χ2n) is 5.75. The normalized spacial score (nSPS) is 23.1. The molecule has 19 heavy (non-hydrogen) atoms. The Kier molecular flexibility index (Phi) is 4.97. The van der Waals surface area contributed by atoms with Crippen LogP contribution in [0.15, 0.2) is 24.3 Å². The van der Waals surface area contributed by atoms with Gasteiger partial charge in [0.05, 0.1) is 6.42 Å². The maximum atomic E-state index is 11.9. The molecule has 104 valence electrons. The van der Waals surface area contributed by atoms with Crippen LogP contribution in [-0.2, 0) is 11.2 Å². The monoisotopic (exact) mass is 260 g/mol. The maximum Gasteiger partial charge on any atom is 0.224 e. The highest BCUT2D eigenvalue weighted by Gasteiger charge is 2.18. The third-order valence-corrected chi connectivity index (χ3v) is 3.93. The van der Waals surface area contributed by atoms with Crippen LogP contribution in [0.4, 0.5) is 0 Å². The second-order valence-corrected chi connectivity index (χ2v) is 5.75. The molecule has 1 aromatic rings. The smallest absolute Gasteiger partial charge is 0.224 e. The number of nitrogens with one attached hydrogen (secondary N) is 1. The van der Waals surface area contributed by atoms with Gasteiger partial charge in [0.15, 0.2) is 0 Å². The van der Waals surface area contributed by atoms with Crippen molar-refractivity contribution in [2.24, 2.45) is 11.7 Å². The summed E-state index contributed by atoms with van der Waals surface area (Å²) in [7, 11) is 0. The number of nitrogens with two attached hydrogens (primary N) is 1. The molecule has 1 aliphatic rings. The molecule has 3 N–H and O–H groups in total. The van der Waals surface area contributed by atoms with Gasteiger partial charge in [-0.3, -0.25) is 4.79 Å². The van der Waals surface area contributed by atoms with Crippen LogP contribution < -0.4 is 11.1 Å². The minimum absolute atomic E-state index is 0.125. The minimum atomic E-state index is 0.125. The molecule has 0 aliphatic heterocycles. The number of amides is 1. The SMILES string of the molecule is Cc1cccc(CC(=O)NCC2CCC(N)CC2)c1. The Morgan fingerprint density at radius 1 is 1.32 bits per heavy atom. The van der Waals surface area contributed by atoms with Crippen molar-refractivity contribution in [2.75, 3.05) is 6.54 Å². The molecule has 1 aliphatic carbocycles. The first-order valence-corrected chi connectivity index (χ1v) is 7.21. The predicted octanol–water partition coefficient (Wildman–Crippen LogP) is 2.17. The maximum absolute atomic E-state index is 11.9. The van der Waals surface area contributed by atoms with Gasteiger partial charge in [0.1, 0.15) is 0 Å². The topological polar surface area (TPSA) is 55.1 Å². The second kappa shape index (κ2) is 6.71. The zero-order valence-electron chi connectivity index (χ0n) is 11.7. The van der Waals surface area contributed by atoms with Crippen molar-refractivity contribution in [3.63, 3.8) is 0 Å². The van der Waals surface area contributed by atoms with Crippen molar-refractivity contribution in [1.29, 1.82) is 0 Å². The van der Waals surface area contributed by atoms with E-state index in [1.807, 2.05) is 25.1 Å². The van der Waals surface area contributed by atoms with Gasteiger partial charge in [-0.15, -0.1) is 0 Å². The molecular weight excluding hydrogens is 236 g/mol. The van der Waals surface area contributed by atoms with Crippen molar-refractivity contribution in [3.05, 3.63) is 35.4 Å². The van der Waals surface area contributed by atoms with Crippen LogP contribution in [-0.4, -0.2) is 18.5 Å². The third-order valence-electron chi connectivity index (χ3n) is 3.93. The molecule has 0 spiro atoms. The lowest BCUT2D eigenvalue weighted by atomic mass is 9.86. The number of hydrogen-bond donors (Lipinski definition) is 2. The standard InChI is InChI=1S/C16H24N2O/c1-12-3-2-4-14(9-12)10-16(19)18-11-13-5-7-15(17)8-6-13/h2-4,9,13,15H,5-8,10-11,17H2,1H3,(H,18,19). The van der Waals surface area contributed by atoms with Gasteiger partial charge in [0.2, 0.25) is 5.91 Å². The van der Waals surface area contributed by atoms with E-state index in [-0.39, 0.29) is 5.91 Å². The van der Waals surface area contributed by atoms with Crippen LogP contribution in [0.25, 0.3) is 0 Å². The lowest BCUT2D eigenvalue weighted by Crippen LogP contribution is -2.34. The Morgan fingerprint density at radius 3 is 2.74 bits per heavy atom. The number of carbonyl (C=O) groups is 1. The molecule has 0 atom stereocenters. The highest BCUT2D eigenvalue weighted by Crippen LogP contribution is 2.22. The van der Waals surface area contributed by atoms with E-state index >= 15 is 0 Å².